The SMILES string of the molecule is Cc1cccnc1[C@H]1C[C@@](C)(O)C[C@@H](c2ncccc2C)N1CCCCN. The average Bonchev–Trinajstić information content (AvgIpc) is 2.63. The molecule has 27 heavy (non-hydrogen) atoms. The molecule has 0 saturated carbocycles. The summed E-state index contributed by atoms with van der Waals surface area (Å²) in [6.07, 6.45) is 7.08. The van der Waals surface area contributed by atoms with E-state index in [0.717, 1.165) is 30.8 Å². The third-order valence-corrected chi connectivity index (χ3v) is 5.67. The zero-order chi connectivity index (χ0) is 19.4. The van der Waals surface area contributed by atoms with Crippen LogP contribution < -0.4 is 5.73 Å². The van der Waals surface area contributed by atoms with E-state index in [1.54, 1.807) is 0 Å². The van der Waals surface area contributed by atoms with Crippen molar-refractivity contribution in [1.29, 1.82) is 0 Å². The Morgan fingerprint density at radius 1 is 1.04 bits per heavy atom. The summed E-state index contributed by atoms with van der Waals surface area (Å²) in [7, 11) is 0. The second-order valence-corrected chi connectivity index (χ2v) is 8.08. The van der Waals surface area contributed by atoms with E-state index in [0.29, 0.717) is 19.4 Å². The van der Waals surface area contributed by atoms with Crippen LogP contribution in [0.2, 0.25) is 0 Å². The highest BCUT2D eigenvalue weighted by molar-refractivity contribution is 5.27. The molecule has 2 aromatic rings. The van der Waals surface area contributed by atoms with Gasteiger partial charge in [-0.05, 0) is 82.8 Å². The highest BCUT2D eigenvalue weighted by Crippen LogP contribution is 2.46. The topological polar surface area (TPSA) is 75.3 Å². The van der Waals surface area contributed by atoms with E-state index in [-0.39, 0.29) is 12.1 Å². The van der Waals surface area contributed by atoms with Crippen molar-refractivity contribution in [2.24, 2.45) is 5.73 Å². The molecule has 5 heteroatoms. The van der Waals surface area contributed by atoms with Gasteiger partial charge in [-0.15, -0.1) is 0 Å². The van der Waals surface area contributed by atoms with Crippen molar-refractivity contribution < 1.29 is 5.11 Å². The zero-order valence-corrected chi connectivity index (χ0v) is 16.7. The van der Waals surface area contributed by atoms with Gasteiger partial charge >= 0.3 is 0 Å². The Bertz CT molecular complexity index is 704. The van der Waals surface area contributed by atoms with Gasteiger partial charge in [-0.3, -0.25) is 14.9 Å². The van der Waals surface area contributed by atoms with Gasteiger partial charge in [0.05, 0.1) is 29.1 Å². The van der Waals surface area contributed by atoms with Crippen LogP contribution in [-0.2, 0) is 0 Å². The van der Waals surface area contributed by atoms with Crippen molar-refractivity contribution in [2.45, 2.75) is 64.1 Å². The minimum atomic E-state index is -0.756. The normalized spacial score (nSPS) is 26.3. The third kappa shape index (κ3) is 4.54. The number of pyridine rings is 2. The molecule has 5 nitrogen and oxygen atoms in total. The van der Waals surface area contributed by atoms with E-state index in [4.69, 9.17) is 15.7 Å². The van der Waals surface area contributed by atoms with Crippen LogP contribution in [0.3, 0.4) is 0 Å². The first-order valence-electron chi connectivity index (χ1n) is 9.94. The molecule has 1 fully saturated rings. The molecule has 1 aliphatic rings. The lowest BCUT2D eigenvalue weighted by atomic mass is 9.79. The maximum absolute atomic E-state index is 11.1. The van der Waals surface area contributed by atoms with Crippen molar-refractivity contribution >= 4 is 0 Å². The molecular formula is C22H32N4O. The highest BCUT2D eigenvalue weighted by atomic mass is 16.3. The van der Waals surface area contributed by atoms with Crippen LogP contribution in [0, 0.1) is 13.8 Å². The van der Waals surface area contributed by atoms with Crippen molar-refractivity contribution in [1.82, 2.24) is 14.9 Å². The number of likely N-dealkylation sites (tertiary alicyclic amines) is 1. The molecule has 3 N–H and O–H groups in total. The Morgan fingerprint density at radius 3 is 2.00 bits per heavy atom. The first-order valence-corrected chi connectivity index (χ1v) is 9.94. The fourth-order valence-corrected chi connectivity index (χ4v) is 4.32. The summed E-state index contributed by atoms with van der Waals surface area (Å²) >= 11 is 0. The molecule has 0 amide bonds. The molecule has 3 heterocycles. The minimum absolute atomic E-state index is 0.0686. The van der Waals surface area contributed by atoms with E-state index in [1.165, 1.54) is 11.1 Å². The third-order valence-electron chi connectivity index (χ3n) is 5.67. The lowest BCUT2D eigenvalue weighted by Gasteiger charge is -2.48. The Balaban J connectivity index is 2.04. The summed E-state index contributed by atoms with van der Waals surface area (Å²) in [5, 5.41) is 11.1. The Morgan fingerprint density at radius 2 is 1.56 bits per heavy atom. The molecule has 3 atom stereocenters. The number of aliphatic hydroxyl groups is 1. The van der Waals surface area contributed by atoms with Gasteiger partial charge in [-0.25, -0.2) is 0 Å². The predicted molar refractivity (Wildman–Crippen MR) is 108 cm³/mol. The van der Waals surface area contributed by atoms with E-state index in [1.807, 2.05) is 31.5 Å². The van der Waals surface area contributed by atoms with Gasteiger partial charge in [0.25, 0.3) is 0 Å². The highest BCUT2D eigenvalue weighted by Gasteiger charge is 2.43. The molecule has 0 unspecified atom stereocenters. The quantitative estimate of drug-likeness (QED) is 0.764. The average molecular weight is 369 g/mol. The van der Waals surface area contributed by atoms with Gasteiger partial charge in [0.1, 0.15) is 0 Å². The molecule has 0 aromatic carbocycles. The molecule has 146 valence electrons. The minimum Gasteiger partial charge on any atom is -0.390 e. The van der Waals surface area contributed by atoms with Crippen molar-refractivity contribution in [3.05, 3.63) is 59.2 Å². The predicted octanol–water partition coefficient (Wildman–Crippen LogP) is 3.46. The van der Waals surface area contributed by atoms with Gasteiger partial charge in [0, 0.05) is 12.4 Å². The van der Waals surface area contributed by atoms with E-state index in [9.17, 15) is 5.11 Å². The maximum Gasteiger partial charge on any atom is 0.0657 e. The molecule has 2 aromatic heterocycles. The molecule has 1 aliphatic heterocycles. The van der Waals surface area contributed by atoms with Crippen LogP contribution in [-0.4, -0.2) is 38.7 Å². The Labute approximate surface area is 162 Å². The molecule has 3 rings (SSSR count). The zero-order valence-electron chi connectivity index (χ0n) is 16.7. The lowest BCUT2D eigenvalue weighted by Crippen LogP contribution is -2.47. The number of piperidine rings is 1. The monoisotopic (exact) mass is 368 g/mol. The summed E-state index contributed by atoms with van der Waals surface area (Å²) in [5.74, 6) is 0. The van der Waals surface area contributed by atoms with Gasteiger partial charge in [0.2, 0.25) is 0 Å². The van der Waals surface area contributed by atoms with E-state index in [2.05, 4.69) is 30.9 Å². The first-order chi connectivity index (χ1) is 12.9. The number of aryl methyl sites for hydroxylation is 2. The smallest absolute Gasteiger partial charge is 0.0657 e. The molecule has 0 aliphatic carbocycles. The summed E-state index contributed by atoms with van der Waals surface area (Å²) in [4.78, 5) is 11.9. The number of nitrogens with zero attached hydrogens (tertiary/aromatic N) is 3. The largest absolute Gasteiger partial charge is 0.390 e. The van der Waals surface area contributed by atoms with Crippen molar-refractivity contribution in [3.8, 4) is 0 Å². The number of unbranched alkanes of at least 4 members (excludes halogenated alkanes) is 1. The summed E-state index contributed by atoms with van der Waals surface area (Å²) in [6.45, 7) is 7.77. The van der Waals surface area contributed by atoms with Crippen molar-refractivity contribution in [3.63, 3.8) is 0 Å². The summed E-state index contributed by atoms with van der Waals surface area (Å²) in [5.41, 5.74) is 9.44. The lowest BCUT2D eigenvalue weighted by molar-refractivity contribution is -0.0686. The van der Waals surface area contributed by atoms with Gasteiger partial charge in [0.15, 0.2) is 0 Å². The van der Waals surface area contributed by atoms with Crippen molar-refractivity contribution in [2.75, 3.05) is 13.1 Å². The fourth-order valence-electron chi connectivity index (χ4n) is 4.32. The first kappa shape index (κ1) is 19.9. The number of hydrogen-bond donors (Lipinski definition) is 2. The molecule has 0 bridgehead atoms. The van der Waals surface area contributed by atoms with Crippen LogP contribution in [0.1, 0.15) is 67.2 Å². The number of nitrogens with two attached hydrogens (primary N) is 1. The van der Waals surface area contributed by atoms with E-state index < -0.39 is 5.60 Å². The van der Waals surface area contributed by atoms with Gasteiger partial charge < -0.3 is 10.8 Å². The van der Waals surface area contributed by atoms with Crippen LogP contribution >= 0.6 is 0 Å². The number of rotatable bonds is 6. The van der Waals surface area contributed by atoms with Gasteiger partial charge in [-0.2, -0.15) is 0 Å². The second kappa shape index (κ2) is 8.46. The Kier molecular flexibility index (Phi) is 6.25. The van der Waals surface area contributed by atoms with Crippen LogP contribution in [0.15, 0.2) is 36.7 Å². The summed E-state index contributed by atoms with van der Waals surface area (Å²) in [6, 6.07) is 8.28. The second-order valence-electron chi connectivity index (χ2n) is 8.08. The summed E-state index contributed by atoms with van der Waals surface area (Å²) < 4.78 is 0. The molecule has 1 saturated heterocycles. The van der Waals surface area contributed by atoms with E-state index >= 15 is 0 Å². The van der Waals surface area contributed by atoms with Crippen LogP contribution in [0.25, 0.3) is 0 Å². The maximum atomic E-state index is 11.1. The fraction of sp³-hybridized carbons (Fsp3) is 0.545. The Hall–Kier alpha value is -1.82. The molecule has 0 spiro atoms. The number of aromatic nitrogens is 2. The molecular weight excluding hydrogens is 336 g/mol. The van der Waals surface area contributed by atoms with Gasteiger partial charge in [-0.1, -0.05) is 12.1 Å². The molecule has 0 radical (unpaired) electrons. The van der Waals surface area contributed by atoms with Crippen LogP contribution in [0.5, 0.6) is 0 Å². The standard InChI is InChI=1S/C22H32N4O/c1-16-8-6-11-24-20(16)18-14-22(3,27)15-19(26(18)13-5-4-10-23)21-17(2)9-7-12-25-21/h6-9,11-12,18-19,27H,4-5,10,13-15,23H2,1-3H3/t18-,19+,22-. The number of hydrogen-bond acceptors (Lipinski definition) is 5. The van der Waals surface area contributed by atoms with Crippen LogP contribution in [0.4, 0.5) is 0 Å².